The maximum atomic E-state index is 5.65. The molecular weight excluding hydrogens is 441 g/mol. The fourth-order valence-corrected chi connectivity index (χ4v) is 2.57. The molecule has 0 bridgehead atoms. The van der Waals surface area contributed by atoms with Gasteiger partial charge in [-0.15, -0.1) is 24.0 Å². The Kier molecular flexibility index (Phi) is 10.5. The molecule has 0 saturated carbocycles. The van der Waals surface area contributed by atoms with Crippen molar-refractivity contribution in [1.82, 2.24) is 10.6 Å². The Morgan fingerprint density at radius 2 is 1.62 bits per heavy atom. The SMILES string of the molecule is CCOc1ccccc1CNC(=NC)NCCc1ccccc1OC.I. The predicted molar refractivity (Wildman–Crippen MR) is 118 cm³/mol. The molecule has 2 N–H and O–H groups in total. The van der Waals surface area contributed by atoms with Crippen molar-refractivity contribution in [3.63, 3.8) is 0 Å². The molecule has 0 heterocycles. The van der Waals surface area contributed by atoms with Crippen molar-refractivity contribution in [2.45, 2.75) is 19.9 Å². The number of hydrogen-bond acceptors (Lipinski definition) is 3. The molecule has 2 aromatic carbocycles. The molecule has 2 aromatic rings. The second-order valence-electron chi connectivity index (χ2n) is 5.46. The minimum Gasteiger partial charge on any atom is -0.496 e. The highest BCUT2D eigenvalue weighted by Crippen LogP contribution is 2.18. The standard InChI is InChI=1S/C20H27N3O2.HI/c1-4-25-19-12-8-6-10-17(19)15-23-20(21-2)22-14-13-16-9-5-7-11-18(16)24-3;/h5-12H,4,13-15H2,1-3H3,(H2,21,22,23);1H. The first-order valence-electron chi connectivity index (χ1n) is 8.55. The smallest absolute Gasteiger partial charge is 0.191 e. The first-order valence-corrected chi connectivity index (χ1v) is 8.55. The van der Waals surface area contributed by atoms with E-state index in [-0.39, 0.29) is 24.0 Å². The molecule has 0 aliphatic heterocycles. The van der Waals surface area contributed by atoms with Crippen molar-refractivity contribution in [3.05, 3.63) is 59.7 Å². The van der Waals surface area contributed by atoms with Crippen LogP contribution in [-0.2, 0) is 13.0 Å². The van der Waals surface area contributed by atoms with Crippen LogP contribution in [0.2, 0.25) is 0 Å². The summed E-state index contributed by atoms with van der Waals surface area (Å²) < 4.78 is 11.0. The number of nitrogens with one attached hydrogen (secondary N) is 2. The van der Waals surface area contributed by atoms with Gasteiger partial charge in [0.2, 0.25) is 0 Å². The van der Waals surface area contributed by atoms with Crippen LogP contribution in [0, 0.1) is 0 Å². The number of ether oxygens (including phenoxy) is 2. The van der Waals surface area contributed by atoms with Gasteiger partial charge in [-0.3, -0.25) is 4.99 Å². The number of nitrogens with zero attached hydrogens (tertiary/aromatic N) is 1. The van der Waals surface area contributed by atoms with Crippen molar-refractivity contribution in [1.29, 1.82) is 0 Å². The van der Waals surface area contributed by atoms with E-state index in [1.165, 1.54) is 5.56 Å². The average Bonchev–Trinajstić information content (AvgIpc) is 2.66. The normalized spacial score (nSPS) is 10.7. The van der Waals surface area contributed by atoms with E-state index in [0.717, 1.165) is 36.0 Å². The van der Waals surface area contributed by atoms with E-state index in [1.54, 1.807) is 14.2 Å². The quantitative estimate of drug-likeness (QED) is 0.353. The number of para-hydroxylation sites is 2. The summed E-state index contributed by atoms with van der Waals surface area (Å²) in [7, 11) is 3.47. The van der Waals surface area contributed by atoms with Gasteiger partial charge < -0.3 is 20.1 Å². The summed E-state index contributed by atoms with van der Waals surface area (Å²) in [4.78, 5) is 4.27. The van der Waals surface area contributed by atoms with E-state index in [1.807, 2.05) is 43.3 Å². The van der Waals surface area contributed by atoms with Gasteiger partial charge in [0.25, 0.3) is 0 Å². The Balaban J connectivity index is 0.00000338. The van der Waals surface area contributed by atoms with Gasteiger partial charge in [0.05, 0.1) is 13.7 Å². The number of halogens is 1. The van der Waals surface area contributed by atoms with Gasteiger partial charge >= 0.3 is 0 Å². The second kappa shape index (κ2) is 12.4. The van der Waals surface area contributed by atoms with E-state index in [9.17, 15) is 0 Å². The minimum atomic E-state index is 0. The summed E-state index contributed by atoms with van der Waals surface area (Å²) >= 11 is 0. The van der Waals surface area contributed by atoms with Gasteiger partial charge in [-0.2, -0.15) is 0 Å². The Morgan fingerprint density at radius 3 is 2.27 bits per heavy atom. The molecule has 26 heavy (non-hydrogen) atoms. The summed E-state index contributed by atoms with van der Waals surface area (Å²) in [5, 5.41) is 6.66. The molecule has 0 saturated heterocycles. The lowest BCUT2D eigenvalue weighted by Crippen LogP contribution is -2.37. The third-order valence-electron chi connectivity index (χ3n) is 3.82. The minimum absolute atomic E-state index is 0. The van der Waals surface area contributed by atoms with Crippen molar-refractivity contribution in [3.8, 4) is 11.5 Å². The zero-order chi connectivity index (χ0) is 17.9. The maximum absolute atomic E-state index is 5.65. The fourth-order valence-electron chi connectivity index (χ4n) is 2.57. The summed E-state index contributed by atoms with van der Waals surface area (Å²) in [6.45, 7) is 4.07. The number of guanidine groups is 1. The molecule has 0 radical (unpaired) electrons. The molecular formula is C20H28IN3O2. The molecule has 5 nitrogen and oxygen atoms in total. The molecule has 0 aliphatic carbocycles. The zero-order valence-corrected chi connectivity index (χ0v) is 17.9. The van der Waals surface area contributed by atoms with Crippen molar-refractivity contribution < 1.29 is 9.47 Å². The molecule has 6 heteroatoms. The summed E-state index contributed by atoms with van der Waals surface area (Å²) in [6, 6.07) is 16.1. The predicted octanol–water partition coefficient (Wildman–Crippen LogP) is 3.62. The number of benzene rings is 2. The van der Waals surface area contributed by atoms with E-state index in [0.29, 0.717) is 13.2 Å². The Morgan fingerprint density at radius 1 is 0.962 bits per heavy atom. The second-order valence-corrected chi connectivity index (χ2v) is 5.46. The van der Waals surface area contributed by atoms with Crippen LogP contribution in [-0.4, -0.2) is 33.3 Å². The number of rotatable bonds is 8. The average molecular weight is 469 g/mol. The molecule has 0 aliphatic rings. The van der Waals surface area contributed by atoms with Crippen LogP contribution in [0.4, 0.5) is 0 Å². The van der Waals surface area contributed by atoms with Gasteiger partial charge in [0.1, 0.15) is 11.5 Å². The molecule has 0 unspecified atom stereocenters. The van der Waals surface area contributed by atoms with E-state index >= 15 is 0 Å². The highest BCUT2D eigenvalue weighted by atomic mass is 127. The molecule has 0 atom stereocenters. The Labute approximate surface area is 173 Å². The number of methoxy groups -OCH3 is 1. The number of hydrogen-bond donors (Lipinski definition) is 2. The largest absolute Gasteiger partial charge is 0.496 e. The Bertz CT molecular complexity index is 692. The Hall–Kier alpha value is -1.96. The van der Waals surface area contributed by atoms with Crippen molar-refractivity contribution in [2.75, 3.05) is 27.3 Å². The first kappa shape index (κ1) is 22.1. The highest BCUT2D eigenvalue weighted by molar-refractivity contribution is 14.0. The van der Waals surface area contributed by atoms with Gasteiger partial charge in [0, 0.05) is 25.7 Å². The monoisotopic (exact) mass is 469 g/mol. The maximum Gasteiger partial charge on any atom is 0.191 e. The molecule has 0 fully saturated rings. The van der Waals surface area contributed by atoms with E-state index < -0.39 is 0 Å². The molecule has 0 spiro atoms. The zero-order valence-electron chi connectivity index (χ0n) is 15.6. The van der Waals surface area contributed by atoms with Crippen molar-refractivity contribution >= 4 is 29.9 Å². The lowest BCUT2D eigenvalue weighted by atomic mass is 10.1. The van der Waals surface area contributed by atoms with Crippen LogP contribution >= 0.6 is 24.0 Å². The van der Waals surface area contributed by atoms with E-state index in [4.69, 9.17) is 9.47 Å². The molecule has 2 rings (SSSR count). The first-order chi connectivity index (χ1) is 12.3. The summed E-state index contributed by atoms with van der Waals surface area (Å²) in [5.74, 6) is 2.58. The van der Waals surface area contributed by atoms with Gasteiger partial charge in [-0.1, -0.05) is 36.4 Å². The van der Waals surface area contributed by atoms with Gasteiger partial charge in [0.15, 0.2) is 5.96 Å². The summed E-state index contributed by atoms with van der Waals surface area (Å²) in [5.41, 5.74) is 2.28. The van der Waals surface area contributed by atoms with Crippen LogP contribution in [0.5, 0.6) is 11.5 Å². The molecule has 0 amide bonds. The third-order valence-corrected chi connectivity index (χ3v) is 3.82. The topological polar surface area (TPSA) is 54.9 Å². The summed E-state index contributed by atoms with van der Waals surface area (Å²) in [6.07, 6.45) is 0.861. The van der Waals surface area contributed by atoms with Crippen molar-refractivity contribution in [2.24, 2.45) is 4.99 Å². The number of aliphatic imine (C=N–C) groups is 1. The third kappa shape index (κ3) is 6.74. The van der Waals surface area contributed by atoms with Gasteiger partial charge in [-0.25, -0.2) is 0 Å². The lowest BCUT2D eigenvalue weighted by molar-refractivity contribution is 0.336. The molecule has 142 valence electrons. The molecule has 0 aromatic heterocycles. The van der Waals surface area contributed by atoms with Gasteiger partial charge in [-0.05, 0) is 31.0 Å². The van der Waals surface area contributed by atoms with Crippen LogP contribution in [0.1, 0.15) is 18.1 Å². The highest BCUT2D eigenvalue weighted by Gasteiger charge is 2.05. The lowest BCUT2D eigenvalue weighted by Gasteiger charge is -2.15. The van der Waals surface area contributed by atoms with Crippen LogP contribution < -0.4 is 20.1 Å². The van der Waals surface area contributed by atoms with Crippen LogP contribution in [0.25, 0.3) is 0 Å². The van der Waals surface area contributed by atoms with Crippen LogP contribution in [0.3, 0.4) is 0 Å². The fraction of sp³-hybridized carbons (Fsp3) is 0.350. The van der Waals surface area contributed by atoms with E-state index in [2.05, 4.69) is 27.8 Å². The van der Waals surface area contributed by atoms with Crippen LogP contribution in [0.15, 0.2) is 53.5 Å².